The SMILES string of the molecule is CC(C)(C)OC(=O)NCCCC[C@H](NC(=O)COCCN=[N+]=[N-])C(=O)CCCOCCN=[N+]=[N-]. The van der Waals surface area contributed by atoms with Crippen LogP contribution in [0.25, 0.3) is 20.9 Å². The zero-order valence-corrected chi connectivity index (χ0v) is 20.2. The molecule has 0 aliphatic heterocycles. The van der Waals surface area contributed by atoms with Crippen LogP contribution in [0.1, 0.15) is 52.9 Å². The van der Waals surface area contributed by atoms with Gasteiger partial charge in [0.2, 0.25) is 5.91 Å². The number of Topliss-reactive ketones (excluding diaryl/α,β-unsaturated/α-hetero) is 1. The van der Waals surface area contributed by atoms with Crippen molar-refractivity contribution in [2.45, 2.75) is 64.5 Å². The van der Waals surface area contributed by atoms with E-state index in [-0.39, 0.29) is 45.1 Å². The number of amides is 2. The maximum atomic E-state index is 12.6. The zero-order valence-electron chi connectivity index (χ0n) is 20.2. The van der Waals surface area contributed by atoms with Gasteiger partial charge in [-0.1, -0.05) is 10.2 Å². The Hall–Kier alpha value is -3.05. The molecule has 0 fully saturated rings. The summed E-state index contributed by atoms with van der Waals surface area (Å²) in [5.41, 5.74) is 15.9. The number of ether oxygens (including phenoxy) is 3. The van der Waals surface area contributed by atoms with E-state index in [1.807, 2.05) is 0 Å². The number of nitrogens with one attached hydrogen (secondary N) is 2. The van der Waals surface area contributed by atoms with E-state index in [1.165, 1.54) is 0 Å². The average Bonchev–Trinajstić information content (AvgIpc) is 2.76. The fourth-order valence-corrected chi connectivity index (χ4v) is 2.62. The molecule has 0 unspecified atom stereocenters. The molecular weight excluding hydrogens is 448 g/mol. The van der Waals surface area contributed by atoms with Crippen molar-refractivity contribution in [3.05, 3.63) is 20.9 Å². The first kappa shape index (κ1) is 30.9. The molecule has 0 aromatic carbocycles. The van der Waals surface area contributed by atoms with Crippen LogP contribution in [0.2, 0.25) is 0 Å². The van der Waals surface area contributed by atoms with E-state index in [1.54, 1.807) is 20.8 Å². The maximum Gasteiger partial charge on any atom is 0.407 e. The van der Waals surface area contributed by atoms with Crippen LogP contribution in [0.3, 0.4) is 0 Å². The van der Waals surface area contributed by atoms with Crippen molar-refractivity contribution < 1.29 is 28.6 Å². The molecule has 0 saturated carbocycles. The van der Waals surface area contributed by atoms with Gasteiger partial charge in [0.15, 0.2) is 5.78 Å². The van der Waals surface area contributed by atoms with E-state index in [0.29, 0.717) is 38.8 Å². The predicted octanol–water partition coefficient (Wildman–Crippen LogP) is 3.17. The van der Waals surface area contributed by atoms with Crippen molar-refractivity contribution in [3.63, 3.8) is 0 Å². The number of carbonyl (C=O) groups is 3. The number of nitrogens with zero attached hydrogens (tertiary/aromatic N) is 6. The third kappa shape index (κ3) is 19.6. The molecule has 0 aliphatic carbocycles. The Morgan fingerprint density at radius 2 is 1.59 bits per heavy atom. The zero-order chi connectivity index (χ0) is 25.7. The van der Waals surface area contributed by atoms with Crippen molar-refractivity contribution in [3.8, 4) is 0 Å². The predicted molar refractivity (Wildman–Crippen MR) is 124 cm³/mol. The third-order valence-electron chi connectivity index (χ3n) is 4.05. The summed E-state index contributed by atoms with van der Waals surface area (Å²) in [6.07, 6.45) is 1.75. The second kappa shape index (κ2) is 19.4. The monoisotopic (exact) mass is 484 g/mol. The van der Waals surface area contributed by atoms with Crippen molar-refractivity contribution in [1.82, 2.24) is 10.6 Å². The highest BCUT2D eigenvalue weighted by Gasteiger charge is 2.20. The summed E-state index contributed by atoms with van der Waals surface area (Å²) in [7, 11) is 0. The highest BCUT2D eigenvalue weighted by atomic mass is 16.6. The van der Waals surface area contributed by atoms with E-state index in [4.69, 9.17) is 25.3 Å². The summed E-state index contributed by atoms with van der Waals surface area (Å²) >= 11 is 0. The Labute approximate surface area is 199 Å². The van der Waals surface area contributed by atoms with Gasteiger partial charge in [-0.05, 0) is 57.5 Å². The quantitative estimate of drug-likeness (QED) is 0.122. The topological polar surface area (TPSA) is 200 Å². The summed E-state index contributed by atoms with van der Waals surface area (Å²) in [5.74, 6) is -0.585. The lowest BCUT2D eigenvalue weighted by Gasteiger charge is -2.20. The minimum Gasteiger partial charge on any atom is -0.444 e. The molecular formula is C20H36N8O6. The Morgan fingerprint density at radius 3 is 2.21 bits per heavy atom. The molecule has 0 aromatic rings. The molecule has 0 bridgehead atoms. The van der Waals surface area contributed by atoms with Crippen LogP contribution >= 0.6 is 0 Å². The Bertz CT molecular complexity index is 714. The highest BCUT2D eigenvalue weighted by molar-refractivity contribution is 5.89. The minimum atomic E-state index is -0.696. The van der Waals surface area contributed by atoms with E-state index >= 15 is 0 Å². The van der Waals surface area contributed by atoms with Gasteiger partial charge < -0.3 is 24.8 Å². The van der Waals surface area contributed by atoms with Crippen LogP contribution in [0, 0.1) is 0 Å². The molecule has 2 N–H and O–H groups in total. The van der Waals surface area contributed by atoms with Gasteiger partial charge >= 0.3 is 6.09 Å². The van der Waals surface area contributed by atoms with Crippen LogP contribution in [0.15, 0.2) is 10.2 Å². The highest BCUT2D eigenvalue weighted by Crippen LogP contribution is 2.08. The first-order chi connectivity index (χ1) is 16.2. The lowest BCUT2D eigenvalue weighted by molar-refractivity contribution is -0.130. The van der Waals surface area contributed by atoms with Crippen molar-refractivity contribution in [2.24, 2.45) is 10.2 Å². The Morgan fingerprint density at radius 1 is 0.941 bits per heavy atom. The number of unbranched alkanes of at least 4 members (excludes halogenated alkanes) is 1. The van der Waals surface area contributed by atoms with E-state index in [0.717, 1.165) is 0 Å². The van der Waals surface area contributed by atoms with Gasteiger partial charge in [0.1, 0.15) is 12.2 Å². The summed E-state index contributed by atoms with van der Waals surface area (Å²) in [6, 6.07) is -0.696. The molecule has 0 saturated heterocycles. The van der Waals surface area contributed by atoms with Crippen LogP contribution in [0.4, 0.5) is 4.79 Å². The van der Waals surface area contributed by atoms with Crippen LogP contribution in [0.5, 0.6) is 0 Å². The van der Waals surface area contributed by atoms with Gasteiger partial charge in [-0.15, -0.1) is 0 Å². The van der Waals surface area contributed by atoms with Gasteiger partial charge in [0, 0.05) is 42.5 Å². The Kier molecular flexibility index (Phi) is 17.7. The third-order valence-corrected chi connectivity index (χ3v) is 4.05. The average molecular weight is 485 g/mol. The van der Waals surface area contributed by atoms with Gasteiger partial charge in [-0.25, -0.2) is 4.79 Å². The standard InChI is InChI=1S/C20H36N8O6/c1-20(2,3)34-19(31)23-9-5-4-7-16(26-18(30)15-33-14-11-25-28-22)17(29)8-6-12-32-13-10-24-27-21/h16H,4-15H2,1-3H3,(H,23,31)(H,26,30)/t16-/m0/s1. The summed E-state index contributed by atoms with van der Waals surface area (Å²) in [4.78, 5) is 41.7. The Balaban J connectivity index is 4.48. The molecule has 2 amide bonds. The molecule has 0 spiro atoms. The van der Waals surface area contributed by atoms with Gasteiger partial charge in [0.25, 0.3) is 0 Å². The van der Waals surface area contributed by atoms with Crippen LogP contribution in [-0.2, 0) is 23.8 Å². The number of hydrogen-bond donors (Lipinski definition) is 2. The molecule has 0 radical (unpaired) electrons. The molecule has 192 valence electrons. The van der Waals surface area contributed by atoms with Crippen molar-refractivity contribution in [2.75, 3.05) is 46.1 Å². The molecule has 14 heteroatoms. The summed E-state index contributed by atoms with van der Waals surface area (Å²) < 4.78 is 15.6. The smallest absolute Gasteiger partial charge is 0.407 e. The lowest BCUT2D eigenvalue weighted by atomic mass is 10.0. The van der Waals surface area contributed by atoms with Crippen molar-refractivity contribution in [1.29, 1.82) is 0 Å². The largest absolute Gasteiger partial charge is 0.444 e. The lowest BCUT2D eigenvalue weighted by Crippen LogP contribution is -2.42. The second-order valence-electron chi connectivity index (χ2n) is 8.19. The molecule has 0 rings (SSSR count). The molecule has 34 heavy (non-hydrogen) atoms. The van der Waals surface area contributed by atoms with E-state index in [9.17, 15) is 14.4 Å². The number of azide groups is 2. The number of alkyl carbamates (subject to hydrolysis) is 1. The normalized spacial score (nSPS) is 11.5. The molecule has 0 heterocycles. The summed E-state index contributed by atoms with van der Waals surface area (Å²) in [5, 5.41) is 12.0. The second-order valence-corrected chi connectivity index (χ2v) is 8.19. The van der Waals surface area contributed by atoms with Gasteiger partial charge in [-0.2, -0.15) is 0 Å². The fourth-order valence-electron chi connectivity index (χ4n) is 2.62. The first-order valence-electron chi connectivity index (χ1n) is 11.2. The number of ketones is 1. The molecule has 1 atom stereocenters. The number of rotatable bonds is 19. The maximum absolute atomic E-state index is 12.6. The molecule has 0 aliphatic rings. The van der Waals surface area contributed by atoms with Crippen LogP contribution < -0.4 is 10.6 Å². The minimum absolute atomic E-state index is 0.0968. The first-order valence-corrected chi connectivity index (χ1v) is 11.2. The van der Waals surface area contributed by atoms with E-state index < -0.39 is 23.6 Å². The van der Waals surface area contributed by atoms with Gasteiger partial charge in [-0.3, -0.25) is 9.59 Å². The van der Waals surface area contributed by atoms with Crippen molar-refractivity contribution >= 4 is 17.8 Å². The van der Waals surface area contributed by atoms with E-state index in [2.05, 4.69) is 30.7 Å². The van der Waals surface area contributed by atoms with Gasteiger partial charge in [0.05, 0.1) is 19.3 Å². The van der Waals surface area contributed by atoms with Crippen LogP contribution in [-0.4, -0.2) is 75.5 Å². The summed E-state index contributed by atoms with van der Waals surface area (Å²) in [6.45, 7) is 6.48. The number of hydrogen-bond acceptors (Lipinski definition) is 8. The molecule has 14 nitrogen and oxygen atoms in total. The molecule has 0 aromatic heterocycles. The number of carbonyl (C=O) groups excluding carboxylic acids is 3. The fraction of sp³-hybridized carbons (Fsp3) is 0.850.